The van der Waals surface area contributed by atoms with E-state index in [-0.39, 0.29) is 17.1 Å². The van der Waals surface area contributed by atoms with Crippen LogP contribution in [0.5, 0.6) is 0 Å². The van der Waals surface area contributed by atoms with Crippen LogP contribution in [0.2, 0.25) is 5.02 Å². The minimum absolute atomic E-state index is 0.0587. The van der Waals surface area contributed by atoms with E-state index in [0.29, 0.717) is 48.2 Å². The van der Waals surface area contributed by atoms with Gasteiger partial charge in [-0.2, -0.15) is 4.39 Å². The smallest absolute Gasteiger partial charge is 0.326 e. The molecule has 0 spiro atoms. The Morgan fingerprint density at radius 3 is 2.55 bits per heavy atom. The molecule has 38 heavy (non-hydrogen) atoms. The number of carbonyl (C=O) groups excluding carboxylic acids is 1. The number of nitrogens with one attached hydrogen (secondary N) is 1. The summed E-state index contributed by atoms with van der Waals surface area (Å²) in [5.41, 5.74) is 2.59. The van der Waals surface area contributed by atoms with Gasteiger partial charge in [-0.1, -0.05) is 23.8 Å². The van der Waals surface area contributed by atoms with Crippen molar-refractivity contribution in [2.24, 2.45) is 0 Å². The Morgan fingerprint density at radius 2 is 1.82 bits per heavy atom. The van der Waals surface area contributed by atoms with Crippen LogP contribution in [0, 0.1) is 29.2 Å². The molecule has 4 aromatic rings. The fourth-order valence-corrected chi connectivity index (χ4v) is 4.77. The van der Waals surface area contributed by atoms with Crippen molar-refractivity contribution in [2.45, 2.75) is 19.5 Å². The van der Waals surface area contributed by atoms with E-state index in [0.717, 1.165) is 17.7 Å². The Kier molecular flexibility index (Phi) is 7.18. The highest BCUT2D eigenvalue weighted by Crippen LogP contribution is 2.34. The van der Waals surface area contributed by atoms with Gasteiger partial charge in [0.1, 0.15) is 5.82 Å². The Bertz CT molecular complexity index is 1560. The van der Waals surface area contributed by atoms with Gasteiger partial charge in [-0.05, 0) is 53.1 Å². The van der Waals surface area contributed by atoms with Gasteiger partial charge >= 0.3 is 6.03 Å². The number of hydrogen-bond donors (Lipinski definition) is 1. The molecule has 0 fully saturated rings. The Morgan fingerprint density at radius 1 is 1.05 bits per heavy atom. The number of pyridine rings is 1. The molecule has 0 saturated heterocycles. The summed E-state index contributed by atoms with van der Waals surface area (Å²) in [5, 5.41) is 3.16. The molecule has 0 saturated carbocycles. The van der Waals surface area contributed by atoms with Gasteiger partial charge in [-0.3, -0.25) is 9.47 Å². The molecule has 0 bridgehead atoms. The van der Waals surface area contributed by atoms with Crippen LogP contribution < -0.4 is 5.32 Å². The molecule has 5 nitrogen and oxygen atoms in total. The number of fused-ring (bicyclic) bond motifs is 3. The molecule has 5 rings (SSSR count). The summed E-state index contributed by atoms with van der Waals surface area (Å²) >= 11 is 6.04. The summed E-state index contributed by atoms with van der Waals surface area (Å²) in [4.78, 5) is 18.7. The Labute approximate surface area is 219 Å². The number of benzene rings is 2. The van der Waals surface area contributed by atoms with E-state index in [1.807, 2.05) is 4.90 Å². The fourth-order valence-electron chi connectivity index (χ4n) is 4.61. The summed E-state index contributed by atoms with van der Waals surface area (Å²) < 4.78 is 69.4. The molecule has 0 radical (unpaired) electrons. The lowest BCUT2D eigenvalue weighted by Crippen LogP contribution is -2.34. The van der Waals surface area contributed by atoms with Crippen LogP contribution in [0.3, 0.4) is 0 Å². The number of aromatic nitrogens is 2. The zero-order chi connectivity index (χ0) is 27.0. The van der Waals surface area contributed by atoms with Crippen molar-refractivity contribution in [2.75, 3.05) is 13.1 Å². The van der Waals surface area contributed by atoms with E-state index in [1.165, 1.54) is 35.0 Å². The Hall–Kier alpha value is -3.76. The molecule has 1 aliphatic heterocycles. The molecule has 11 heteroatoms. The molecule has 0 aliphatic carbocycles. The predicted octanol–water partition coefficient (Wildman–Crippen LogP) is 6.21. The van der Waals surface area contributed by atoms with Crippen LogP contribution in [-0.2, 0) is 19.5 Å². The largest absolute Gasteiger partial charge is 0.333 e. The highest BCUT2D eigenvalue weighted by molar-refractivity contribution is 6.31. The maximum absolute atomic E-state index is 14.4. The first-order chi connectivity index (χ1) is 18.2. The first-order valence-electron chi connectivity index (χ1n) is 11.6. The highest BCUT2D eigenvalue weighted by atomic mass is 35.5. The van der Waals surface area contributed by atoms with Gasteiger partial charge in [0.25, 0.3) is 0 Å². The van der Waals surface area contributed by atoms with E-state index in [4.69, 9.17) is 11.6 Å². The highest BCUT2D eigenvalue weighted by Gasteiger charge is 2.27. The van der Waals surface area contributed by atoms with E-state index in [1.54, 1.807) is 12.1 Å². The van der Waals surface area contributed by atoms with E-state index in [2.05, 4.69) is 10.3 Å². The van der Waals surface area contributed by atoms with E-state index in [9.17, 15) is 26.7 Å². The molecule has 0 atom stereocenters. The third kappa shape index (κ3) is 5.14. The molecule has 1 amide bonds. The average molecular weight is 547 g/mol. The van der Waals surface area contributed by atoms with Crippen LogP contribution in [0.1, 0.15) is 22.4 Å². The number of rotatable bonds is 5. The van der Waals surface area contributed by atoms with Gasteiger partial charge in [0.15, 0.2) is 17.5 Å². The molecule has 1 aliphatic rings. The normalized spacial score (nSPS) is 13.8. The molecular formula is C27H20ClF5N4O. The minimum atomic E-state index is -1.52. The summed E-state index contributed by atoms with van der Waals surface area (Å²) in [6, 6.07) is 6.84. The van der Waals surface area contributed by atoms with Crippen molar-refractivity contribution in [3.63, 3.8) is 0 Å². The quantitative estimate of drug-likeness (QED) is 0.184. The van der Waals surface area contributed by atoms with Crippen LogP contribution in [-0.4, -0.2) is 33.6 Å². The summed E-state index contributed by atoms with van der Waals surface area (Å²) in [5.74, 6) is -5.34. The standard InChI is InChI=1S/C27H20ClF5N4O/c28-19-12-24-17(11-20(19)29)18-14-36(6-1-2-15-8-21(30)26(33)22(31)9-15)7-4-23(18)37(24)27(38)35-13-16-3-5-34-25(32)10-16/h1-3,5,8-12H,4,6-7,13-14H2,(H,35,38)/b2-1+. The van der Waals surface area contributed by atoms with Gasteiger partial charge in [-0.25, -0.2) is 27.3 Å². The number of nitrogens with zero attached hydrogens (tertiary/aromatic N) is 3. The third-order valence-electron chi connectivity index (χ3n) is 6.39. The monoisotopic (exact) mass is 546 g/mol. The SMILES string of the molecule is O=C(NCc1ccnc(F)c1)n1c2c(c3cc(F)c(Cl)cc31)CN(C/C=C/c1cc(F)c(F)c(F)c1)CC2. The van der Waals surface area contributed by atoms with E-state index >= 15 is 0 Å². The molecule has 3 heterocycles. The van der Waals surface area contributed by atoms with E-state index < -0.39 is 35.2 Å². The lowest BCUT2D eigenvalue weighted by atomic mass is 10.0. The molecule has 1 N–H and O–H groups in total. The number of hydrogen-bond acceptors (Lipinski definition) is 3. The topological polar surface area (TPSA) is 50.2 Å². The van der Waals surface area contributed by atoms with Gasteiger partial charge in [0, 0.05) is 49.9 Å². The average Bonchev–Trinajstić information content (AvgIpc) is 3.18. The first-order valence-corrected chi connectivity index (χ1v) is 12.0. The van der Waals surface area contributed by atoms with Gasteiger partial charge in [0.05, 0.1) is 10.5 Å². The number of carbonyl (C=O) groups is 1. The van der Waals surface area contributed by atoms with Crippen LogP contribution in [0.25, 0.3) is 17.0 Å². The van der Waals surface area contributed by atoms with Crippen molar-refractivity contribution in [3.05, 3.63) is 105 Å². The van der Waals surface area contributed by atoms with Gasteiger partial charge < -0.3 is 5.32 Å². The van der Waals surface area contributed by atoms with Gasteiger partial charge in [-0.15, -0.1) is 0 Å². The second-order valence-corrected chi connectivity index (χ2v) is 9.28. The first kappa shape index (κ1) is 25.9. The van der Waals surface area contributed by atoms with Gasteiger partial charge in [0.2, 0.25) is 5.95 Å². The summed E-state index contributed by atoms with van der Waals surface area (Å²) in [6.45, 7) is 1.36. The predicted molar refractivity (Wildman–Crippen MR) is 133 cm³/mol. The lowest BCUT2D eigenvalue weighted by Gasteiger charge is -2.27. The number of halogens is 6. The van der Waals surface area contributed by atoms with Crippen molar-refractivity contribution in [1.82, 2.24) is 19.8 Å². The van der Waals surface area contributed by atoms with Crippen LogP contribution >= 0.6 is 11.6 Å². The fraction of sp³-hybridized carbons (Fsp3) is 0.185. The van der Waals surface area contributed by atoms with Crippen LogP contribution in [0.4, 0.5) is 26.7 Å². The lowest BCUT2D eigenvalue weighted by molar-refractivity contribution is 0.240. The van der Waals surface area contributed by atoms with Crippen molar-refractivity contribution in [3.8, 4) is 0 Å². The molecule has 2 aromatic carbocycles. The van der Waals surface area contributed by atoms with Crippen LogP contribution in [0.15, 0.2) is 48.7 Å². The molecule has 0 unspecified atom stereocenters. The summed E-state index contributed by atoms with van der Waals surface area (Å²) in [6.07, 6.45) is 4.93. The third-order valence-corrected chi connectivity index (χ3v) is 6.68. The minimum Gasteiger partial charge on any atom is -0.333 e. The molecular weight excluding hydrogens is 527 g/mol. The zero-order valence-corrected chi connectivity index (χ0v) is 20.5. The van der Waals surface area contributed by atoms with Crippen molar-refractivity contribution >= 4 is 34.6 Å². The maximum atomic E-state index is 14.4. The van der Waals surface area contributed by atoms with Crippen molar-refractivity contribution < 1.29 is 26.7 Å². The zero-order valence-electron chi connectivity index (χ0n) is 19.7. The van der Waals surface area contributed by atoms with Crippen molar-refractivity contribution in [1.29, 1.82) is 0 Å². The number of amides is 1. The summed E-state index contributed by atoms with van der Waals surface area (Å²) in [7, 11) is 0. The molecule has 196 valence electrons. The molecule has 2 aromatic heterocycles. The second kappa shape index (κ2) is 10.5. The maximum Gasteiger partial charge on any atom is 0.326 e. The second-order valence-electron chi connectivity index (χ2n) is 8.88. The Balaban J connectivity index is 1.39.